The van der Waals surface area contributed by atoms with Crippen molar-refractivity contribution in [3.05, 3.63) is 88.4 Å². The third-order valence-corrected chi connectivity index (χ3v) is 4.40. The number of aromatic nitrogens is 5. The lowest BCUT2D eigenvalue weighted by atomic mass is 10.2. The Kier molecular flexibility index (Phi) is 5.52. The summed E-state index contributed by atoms with van der Waals surface area (Å²) in [6.07, 6.45) is 0. The van der Waals surface area contributed by atoms with Gasteiger partial charge in [0.2, 0.25) is 0 Å². The van der Waals surface area contributed by atoms with Gasteiger partial charge in [0.05, 0.1) is 19.3 Å². The Labute approximate surface area is 175 Å². The standard InChI is InChI=1S/C21H17FN6O3/c1-31-16-8-2-13(3-9-16)20-24-18(25-26-20)12-23-21(30)17-10-11-19(29)28(27-17)15-6-4-14(22)5-7-15/h2-11H,12H2,1H3,(H,23,30)(H,24,25,26). The fraction of sp³-hybridized carbons (Fsp3) is 0.0952. The van der Waals surface area contributed by atoms with Gasteiger partial charge in [-0.3, -0.25) is 14.7 Å². The number of nitrogens with one attached hydrogen (secondary N) is 2. The highest BCUT2D eigenvalue weighted by molar-refractivity contribution is 5.91. The summed E-state index contributed by atoms with van der Waals surface area (Å²) in [5.74, 6) is 0.715. The molecule has 0 atom stereocenters. The molecular weight excluding hydrogens is 403 g/mol. The van der Waals surface area contributed by atoms with E-state index in [0.717, 1.165) is 16.0 Å². The molecule has 0 bridgehead atoms. The molecule has 156 valence electrons. The minimum absolute atomic E-state index is 0.0267. The summed E-state index contributed by atoms with van der Waals surface area (Å²) in [5, 5.41) is 13.7. The molecule has 0 spiro atoms. The van der Waals surface area contributed by atoms with Crippen molar-refractivity contribution >= 4 is 5.91 Å². The molecule has 0 radical (unpaired) electrons. The van der Waals surface area contributed by atoms with Crippen LogP contribution in [-0.4, -0.2) is 38.0 Å². The van der Waals surface area contributed by atoms with Crippen LogP contribution in [0.3, 0.4) is 0 Å². The van der Waals surface area contributed by atoms with E-state index in [1.54, 1.807) is 19.2 Å². The van der Waals surface area contributed by atoms with Gasteiger partial charge in [0, 0.05) is 11.6 Å². The Morgan fingerprint density at radius 3 is 2.55 bits per heavy atom. The summed E-state index contributed by atoms with van der Waals surface area (Å²) in [5.41, 5.74) is 0.726. The largest absolute Gasteiger partial charge is 0.497 e. The number of carbonyl (C=O) groups is 1. The summed E-state index contributed by atoms with van der Waals surface area (Å²) in [6, 6.07) is 15.0. The molecule has 0 unspecified atom stereocenters. The van der Waals surface area contributed by atoms with Crippen molar-refractivity contribution in [2.45, 2.75) is 6.54 Å². The molecule has 10 heteroatoms. The van der Waals surface area contributed by atoms with Gasteiger partial charge in [-0.15, -0.1) is 0 Å². The maximum absolute atomic E-state index is 13.1. The lowest BCUT2D eigenvalue weighted by Gasteiger charge is -2.07. The van der Waals surface area contributed by atoms with Crippen molar-refractivity contribution < 1.29 is 13.9 Å². The number of benzene rings is 2. The van der Waals surface area contributed by atoms with E-state index in [-0.39, 0.29) is 12.2 Å². The molecule has 9 nitrogen and oxygen atoms in total. The first kappa shape index (κ1) is 20.0. The SMILES string of the molecule is COc1ccc(-c2n[nH]c(CNC(=O)c3ccc(=O)n(-c4ccc(F)cc4)n3)n2)cc1. The number of amides is 1. The Morgan fingerprint density at radius 1 is 1.10 bits per heavy atom. The number of hydrogen-bond donors (Lipinski definition) is 2. The van der Waals surface area contributed by atoms with Crippen molar-refractivity contribution in [2.24, 2.45) is 0 Å². The molecule has 2 N–H and O–H groups in total. The highest BCUT2D eigenvalue weighted by Crippen LogP contribution is 2.18. The number of H-pyrrole nitrogens is 1. The first-order chi connectivity index (χ1) is 15.0. The number of halogens is 1. The zero-order chi connectivity index (χ0) is 21.8. The molecule has 0 saturated carbocycles. The molecule has 0 aliphatic carbocycles. The molecule has 1 amide bonds. The van der Waals surface area contributed by atoms with Crippen LogP contribution in [0.2, 0.25) is 0 Å². The molecule has 2 aromatic heterocycles. The molecule has 2 heterocycles. The van der Waals surface area contributed by atoms with Crippen LogP contribution in [0.15, 0.2) is 65.5 Å². The van der Waals surface area contributed by atoms with E-state index >= 15 is 0 Å². The normalized spacial score (nSPS) is 10.6. The predicted molar refractivity (Wildman–Crippen MR) is 109 cm³/mol. The third kappa shape index (κ3) is 4.47. The van der Waals surface area contributed by atoms with Gasteiger partial charge in [-0.1, -0.05) is 0 Å². The average Bonchev–Trinajstić information content (AvgIpc) is 3.27. The Balaban J connectivity index is 1.45. The molecule has 2 aromatic carbocycles. The highest BCUT2D eigenvalue weighted by Gasteiger charge is 2.12. The van der Waals surface area contributed by atoms with Gasteiger partial charge in [0.1, 0.15) is 23.1 Å². The number of nitrogens with zero attached hydrogens (tertiary/aromatic N) is 4. The Hall–Kier alpha value is -4.34. The average molecular weight is 420 g/mol. The summed E-state index contributed by atoms with van der Waals surface area (Å²) >= 11 is 0. The van der Waals surface area contributed by atoms with Crippen LogP contribution in [0.25, 0.3) is 17.1 Å². The molecular formula is C21H17FN6O3. The minimum Gasteiger partial charge on any atom is -0.497 e. The second kappa shape index (κ2) is 8.57. The van der Waals surface area contributed by atoms with E-state index in [1.165, 1.54) is 36.4 Å². The van der Waals surface area contributed by atoms with E-state index in [4.69, 9.17) is 4.74 Å². The summed E-state index contributed by atoms with van der Waals surface area (Å²) < 4.78 is 19.3. The topological polar surface area (TPSA) is 115 Å². The van der Waals surface area contributed by atoms with Crippen molar-refractivity contribution in [1.82, 2.24) is 30.3 Å². The first-order valence-electron chi connectivity index (χ1n) is 9.24. The molecule has 0 aliphatic heterocycles. The van der Waals surface area contributed by atoms with Crippen molar-refractivity contribution in [3.8, 4) is 22.8 Å². The zero-order valence-corrected chi connectivity index (χ0v) is 16.4. The Morgan fingerprint density at radius 2 is 1.84 bits per heavy atom. The van der Waals surface area contributed by atoms with E-state index in [9.17, 15) is 14.0 Å². The van der Waals surface area contributed by atoms with Crippen molar-refractivity contribution in [1.29, 1.82) is 0 Å². The molecule has 0 saturated heterocycles. The summed E-state index contributed by atoms with van der Waals surface area (Å²) in [6.45, 7) is 0.0827. The highest BCUT2D eigenvalue weighted by atomic mass is 19.1. The number of aromatic amines is 1. The van der Waals surface area contributed by atoms with Crippen LogP contribution in [0.4, 0.5) is 4.39 Å². The molecule has 31 heavy (non-hydrogen) atoms. The van der Waals surface area contributed by atoms with Crippen molar-refractivity contribution in [2.75, 3.05) is 7.11 Å². The quantitative estimate of drug-likeness (QED) is 0.494. The number of rotatable bonds is 6. The molecule has 4 rings (SSSR count). The van der Waals surface area contributed by atoms with Crippen LogP contribution in [0.1, 0.15) is 16.3 Å². The van der Waals surface area contributed by atoms with Gasteiger partial charge >= 0.3 is 0 Å². The second-order valence-corrected chi connectivity index (χ2v) is 6.46. The zero-order valence-electron chi connectivity index (χ0n) is 16.4. The molecule has 4 aromatic rings. The van der Waals surface area contributed by atoms with Gasteiger partial charge in [0.25, 0.3) is 11.5 Å². The van der Waals surface area contributed by atoms with E-state index < -0.39 is 17.3 Å². The van der Waals surface area contributed by atoms with Crippen LogP contribution in [-0.2, 0) is 6.54 Å². The maximum Gasteiger partial charge on any atom is 0.272 e. The first-order valence-corrected chi connectivity index (χ1v) is 9.24. The molecule has 0 aliphatic rings. The summed E-state index contributed by atoms with van der Waals surface area (Å²) in [4.78, 5) is 28.9. The lowest BCUT2D eigenvalue weighted by Crippen LogP contribution is -2.29. The van der Waals surface area contributed by atoms with Gasteiger partial charge in [-0.2, -0.15) is 14.9 Å². The monoisotopic (exact) mass is 420 g/mol. The summed E-state index contributed by atoms with van der Waals surface area (Å²) in [7, 11) is 1.59. The fourth-order valence-electron chi connectivity index (χ4n) is 2.80. The van der Waals surface area contributed by atoms with Crippen molar-refractivity contribution in [3.63, 3.8) is 0 Å². The van der Waals surface area contributed by atoms with E-state index in [0.29, 0.717) is 17.3 Å². The van der Waals surface area contributed by atoms with Crippen LogP contribution < -0.4 is 15.6 Å². The van der Waals surface area contributed by atoms with Gasteiger partial charge in [-0.05, 0) is 54.6 Å². The van der Waals surface area contributed by atoms with Gasteiger partial charge in [0.15, 0.2) is 5.82 Å². The number of carbonyl (C=O) groups excluding carboxylic acids is 1. The molecule has 0 fully saturated rings. The van der Waals surface area contributed by atoms with Crippen LogP contribution >= 0.6 is 0 Å². The number of hydrogen-bond acceptors (Lipinski definition) is 6. The van der Waals surface area contributed by atoms with E-state index in [2.05, 4.69) is 25.6 Å². The van der Waals surface area contributed by atoms with Gasteiger partial charge in [-0.25, -0.2) is 9.37 Å². The number of ether oxygens (including phenoxy) is 1. The van der Waals surface area contributed by atoms with Gasteiger partial charge < -0.3 is 10.1 Å². The predicted octanol–water partition coefficient (Wildman–Crippen LogP) is 2.10. The van der Waals surface area contributed by atoms with Crippen LogP contribution in [0, 0.1) is 5.82 Å². The smallest absolute Gasteiger partial charge is 0.272 e. The lowest BCUT2D eigenvalue weighted by molar-refractivity contribution is 0.0943. The third-order valence-electron chi connectivity index (χ3n) is 4.40. The van der Waals surface area contributed by atoms with Crippen LogP contribution in [0.5, 0.6) is 5.75 Å². The maximum atomic E-state index is 13.1. The van der Waals surface area contributed by atoms with E-state index in [1.807, 2.05) is 12.1 Å². The Bertz CT molecular complexity index is 1270. The second-order valence-electron chi connectivity index (χ2n) is 6.46. The fourth-order valence-corrected chi connectivity index (χ4v) is 2.80. The number of methoxy groups -OCH3 is 1. The minimum atomic E-state index is -0.502.